The van der Waals surface area contributed by atoms with Crippen LogP contribution in [0, 0.1) is 20.8 Å². The number of carboxylic acid groups (broad SMARTS) is 1. The van der Waals surface area contributed by atoms with Crippen LogP contribution >= 0.6 is 0 Å². The van der Waals surface area contributed by atoms with Gasteiger partial charge in [0.05, 0.1) is 15.9 Å². The number of benzene rings is 2. The number of nitrogens with zero attached hydrogens (tertiary/aromatic N) is 1. The number of rotatable bonds is 13. The van der Waals surface area contributed by atoms with Gasteiger partial charge < -0.3 is 20.7 Å². The minimum absolute atomic E-state index is 0.0248. The van der Waals surface area contributed by atoms with Crippen molar-refractivity contribution in [3.05, 3.63) is 53.1 Å². The molecule has 13 heteroatoms. The molecule has 1 aliphatic heterocycles. The number of amides is 1. The smallest absolute Gasteiger partial charge is 0.323 e. The average Bonchev–Trinajstić information content (AvgIpc) is 3.52. The fourth-order valence-corrected chi connectivity index (χ4v) is 6.60. The summed E-state index contributed by atoms with van der Waals surface area (Å²) in [4.78, 5) is 37.6. The normalized spacial score (nSPS) is 18.1. The molecule has 1 fully saturated rings. The number of hydrogen-bond donors (Lipinski definition) is 6. The topological polar surface area (TPSA) is 175 Å². The molecule has 12 nitrogen and oxygen atoms in total. The van der Waals surface area contributed by atoms with E-state index in [2.05, 4.69) is 30.8 Å². The highest BCUT2D eigenvalue weighted by molar-refractivity contribution is 7.89. The van der Waals surface area contributed by atoms with Gasteiger partial charge in [0, 0.05) is 25.6 Å². The molecule has 0 aliphatic carbocycles. The van der Waals surface area contributed by atoms with Gasteiger partial charge in [0.1, 0.15) is 6.04 Å². The van der Waals surface area contributed by atoms with Gasteiger partial charge in [-0.25, -0.2) is 13.4 Å². The van der Waals surface area contributed by atoms with Crippen molar-refractivity contribution >= 4 is 38.9 Å². The highest BCUT2D eigenvalue weighted by Crippen LogP contribution is 2.22. The van der Waals surface area contributed by atoms with E-state index in [-0.39, 0.29) is 10.9 Å². The maximum Gasteiger partial charge on any atom is 0.323 e. The first-order valence-corrected chi connectivity index (χ1v) is 14.7. The fourth-order valence-electron chi connectivity index (χ4n) is 4.96. The molecule has 0 spiro atoms. The third kappa shape index (κ3) is 7.36. The number of aromatic nitrogens is 2. The van der Waals surface area contributed by atoms with E-state index in [0.29, 0.717) is 17.5 Å². The van der Waals surface area contributed by atoms with Gasteiger partial charge in [0.15, 0.2) is 6.10 Å². The van der Waals surface area contributed by atoms with Crippen molar-refractivity contribution in [2.75, 3.05) is 18.4 Å². The second-order valence-electron chi connectivity index (χ2n) is 10.2. The van der Waals surface area contributed by atoms with Gasteiger partial charge in [-0.3, -0.25) is 14.4 Å². The number of anilines is 1. The van der Waals surface area contributed by atoms with Crippen molar-refractivity contribution in [3.63, 3.8) is 0 Å². The Kier molecular flexibility index (Phi) is 9.40. The van der Waals surface area contributed by atoms with Gasteiger partial charge in [0.2, 0.25) is 16.0 Å². The van der Waals surface area contributed by atoms with E-state index in [1.165, 1.54) is 0 Å². The number of imidazole rings is 1. The van der Waals surface area contributed by atoms with E-state index in [1.54, 1.807) is 26.0 Å². The summed E-state index contributed by atoms with van der Waals surface area (Å²) in [7, 11) is -4.13. The van der Waals surface area contributed by atoms with E-state index in [4.69, 9.17) is 4.84 Å². The van der Waals surface area contributed by atoms with Crippen LogP contribution in [0.3, 0.4) is 0 Å². The lowest BCUT2D eigenvalue weighted by Gasteiger charge is -2.19. The van der Waals surface area contributed by atoms with Gasteiger partial charge in [-0.05, 0) is 56.9 Å². The third-order valence-electron chi connectivity index (χ3n) is 6.78. The van der Waals surface area contributed by atoms with E-state index < -0.39 is 40.6 Å². The number of hydrogen-bond acceptors (Lipinski definition) is 8. The molecule has 3 aromatic rings. The minimum atomic E-state index is -4.13. The SMILES string of the molecule is Cc1cc(C)c(S(=O)(=O)NC(CNC(=O)C2CC(CCCCNc3nc4ccccc4[nH]3)NO2)C(=O)O)c(C)c1. The number of nitrogens with one attached hydrogen (secondary N) is 5. The lowest BCUT2D eigenvalue weighted by atomic mass is 10.0. The lowest BCUT2D eigenvalue weighted by Crippen LogP contribution is -2.50. The largest absolute Gasteiger partial charge is 0.480 e. The van der Waals surface area contributed by atoms with Crippen LogP contribution in [0.4, 0.5) is 5.95 Å². The molecule has 0 bridgehead atoms. The Morgan fingerprint density at radius 1 is 1.15 bits per heavy atom. The van der Waals surface area contributed by atoms with Crippen molar-refractivity contribution in [3.8, 4) is 0 Å². The molecule has 3 unspecified atom stereocenters. The predicted octanol–water partition coefficient (Wildman–Crippen LogP) is 2.28. The molecule has 1 saturated heterocycles. The first-order valence-electron chi connectivity index (χ1n) is 13.2. The van der Waals surface area contributed by atoms with Crippen molar-refractivity contribution in [2.45, 2.75) is 69.5 Å². The highest BCUT2D eigenvalue weighted by Gasteiger charge is 2.33. The molecule has 40 heavy (non-hydrogen) atoms. The molecular weight excluding hydrogens is 536 g/mol. The van der Waals surface area contributed by atoms with Crippen LogP contribution in [0.1, 0.15) is 42.4 Å². The fraction of sp³-hybridized carbons (Fsp3) is 0.444. The number of aryl methyl sites for hydroxylation is 3. The molecule has 3 atom stereocenters. The van der Waals surface area contributed by atoms with Gasteiger partial charge >= 0.3 is 5.97 Å². The molecule has 1 aromatic heterocycles. The van der Waals surface area contributed by atoms with Gasteiger partial charge in [-0.15, -0.1) is 0 Å². The Morgan fingerprint density at radius 2 is 1.88 bits per heavy atom. The second-order valence-corrected chi connectivity index (χ2v) is 11.8. The second kappa shape index (κ2) is 12.8. The molecule has 0 saturated carbocycles. The first kappa shape index (κ1) is 29.5. The molecule has 4 rings (SSSR count). The Hall–Kier alpha value is -3.52. The number of carbonyl (C=O) groups excluding carboxylic acids is 1. The number of sulfonamides is 1. The summed E-state index contributed by atoms with van der Waals surface area (Å²) in [6.45, 7) is 5.49. The monoisotopic (exact) mass is 572 g/mol. The van der Waals surface area contributed by atoms with Crippen molar-refractivity contribution in [1.82, 2.24) is 25.5 Å². The van der Waals surface area contributed by atoms with Gasteiger partial charge in [0.25, 0.3) is 5.91 Å². The lowest BCUT2D eigenvalue weighted by molar-refractivity contribution is -0.139. The van der Waals surface area contributed by atoms with Crippen molar-refractivity contribution in [1.29, 1.82) is 0 Å². The Balaban J connectivity index is 1.19. The number of unbranched alkanes of at least 4 members (excludes halogenated alkanes) is 1. The van der Waals surface area contributed by atoms with Crippen LogP contribution in [0.5, 0.6) is 0 Å². The van der Waals surface area contributed by atoms with Crippen molar-refractivity contribution in [2.24, 2.45) is 0 Å². The van der Waals surface area contributed by atoms with Crippen LogP contribution in [0.15, 0.2) is 41.3 Å². The average molecular weight is 573 g/mol. The number of carbonyl (C=O) groups is 2. The summed E-state index contributed by atoms with van der Waals surface area (Å²) >= 11 is 0. The Bertz CT molecular complexity index is 1420. The Morgan fingerprint density at radius 3 is 2.58 bits per heavy atom. The maximum atomic E-state index is 13.0. The van der Waals surface area contributed by atoms with Crippen molar-refractivity contribution < 1.29 is 28.0 Å². The molecule has 2 aromatic carbocycles. The van der Waals surface area contributed by atoms with E-state index in [1.807, 2.05) is 31.2 Å². The number of H-pyrrole nitrogens is 1. The zero-order chi connectivity index (χ0) is 28.9. The molecule has 1 amide bonds. The van der Waals surface area contributed by atoms with Crippen LogP contribution < -0.4 is 20.8 Å². The number of hydroxylamine groups is 1. The molecule has 2 heterocycles. The van der Waals surface area contributed by atoms with Crippen LogP contribution in [0.25, 0.3) is 11.0 Å². The molecular formula is C27H36N6O6S. The Labute approximate surface area is 233 Å². The maximum absolute atomic E-state index is 13.0. The van der Waals surface area contributed by atoms with Crippen LogP contribution in [-0.4, -0.2) is 66.6 Å². The molecule has 6 N–H and O–H groups in total. The number of fused-ring (bicyclic) bond motifs is 1. The first-order chi connectivity index (χ1) is 19.0. The number of aromatic amines is 1. The van der Waals surface area contributed by atoms with E-state index >= 15 is 0 Å². The third-order valence-corrected chi connectivity index (χ3v) is 8.55. The standard InChI is InChI=1S/C27H36N6O6S/c1-16-12-17(2)24(18(3)13-16)40(37,38)33-22(26(35)36)15-29-25(34)23-14-19(32-39-23)8-6-7-11-28-27-30-20-9-4-5-10-21(20)31-27/h4-5,9-10,12-13,19,22-23,32-33H,6-8,11,14-15H2,1-3H3,(H,29,34)(H,35,36)(H2,28,30,31). The summed E-state index contributed by atoms with van der Waals surface area (Å²) in [5.74, 6) is -1.17. The molecule has 0 radical (unpaired) electrons. The van der Waals surface area contributed by atoms with Gasteiger partial charge in [-0.1, -0.05) is 36.2 Å². The molecule has 216 valence electrons. The quantitative estimate of drug-likeness (QED) is 0.168. The van der Waals surface area contributed by atoms with Crippen LogP contribution in [0.2, 0.25) is 0 Å². The summed E-state index contributed by atoms with van der Waals surface area (Å²) in [6.07, 6.45) is 2.20. The zero-order valence-corrected chi connectivity index (χ0v) is 23.6. The number of carboxylic acids is 1. The molecule has 1 aliphatic rings. The summed E-state index contributed by atoms with van der Waals surface area (Å²) in [5.41, 5.74) is 6.69. The zero-order valence-electron chi connectivity index (χ0n) is 22.8. The minimum Gasteiger partial charge on any atom is -0.480 e. The summed E-state index contributed by atoms with van der Waals surface area (Å²) in [6, 6.07) is 9.68. The summed E-state index contributed by atoms with van der Waals surface area (Å²) in [5, 5.41) is 15.4. The number of para-hydroxylation sites is 2. The van der Waals surface area contributed by atoms with Gasteiger partial charge in [-0.2, -0.15) is 10.2 Å². The van der Waals surface area contributed by atoms with Crippen LogP contribution in [-0.2, 0) is 24.4 Å². The number of aliphatic carboxylic acids is 1. The van der Waals surface area contributed by atoms with E-state index in [9.17, 15) is 23.1 Å². The predicted molar refractivity (Wildman–Crippen MR) is 150 cm³/mol. The summed E-state index contributed by atoms with van der Waals surface area (Å²) < 4.78 is 28.2. The highest BCUT2D eigenvalue weighted by atomic mass is 32.2. The van der Waals surface area contributed by atoms with E-state index in [0.717, 1.165) is 48.4 Å².